The van der Waals surface area contributed by atoms with Crippen LogP contribution in [0.3, 0.4) is 0 Å². The maximum atomic E-state index is 14.0. The molecule has 33 heavy (non-hydrogen) atoms. The first-order chi connectivity index (χ1) is 15.7. The van der Waals surface area contributed by atoms with Crippen LogP contribution in [0.2, 0.25) is 5.02 Å². The molecular weight excluding hydrogens is 438 g/mol. The molecule has 168 valence electrons. The molecule has 5 heteroatoms. The normalized spacial score (nSPS) is 15.0. The van der Waals surface area contributed by atoms with Crippen LogP contribution in [0.25, 0.3) is 5.57 Å². The summed E-state index contributed by atoms with van der Waals surface area (Å²) in [6, 6.07) is 21.2. The minimum Gasteiger partial charge on any atom is -0.284 e. The lowest BCUT2D eigenvalue weighted by molar-refractivity contribution is 0.200. The average molecular weight is 463 g/mol. The molecule has 1 atom stereocenters. The Bertz CT molecular complexity index is 1220. The molecule has 0 N–H and O–H groups in total. The van der Waals surface area contributed by atoms with Gasteiger partial charge in [0.1, 0.15) is 11.6 Å². The SMILES string of the molecule is CC(C)(C)C(=C1CN(C(c2ccc(Cl)cc2)c2cccc(C#N)c2)C1)c1cc(F)cc(F)c1. The first-order valence-corrected chi connectivity index (χ1v) is 11.2. The lowest BCUT2D eigenvalue weighted by atomic mass is 9.76. The standard InChI is InChI=1S/C28H25ClF2N2/c1-28(2,3)26(21-12-24(30)14-25(31)13-21)22-16-33(17-22)27(19-7-9-23(29)10-8-19)20-6-4-5-18(11-20)15-32/h4-14,27H,16-17H2,1-3H3. The van der Waals surface area contributed by atoms with Crippen molar-refractivity contribution in [1.29, 1.82) is 5.26 Å². The van der Waals surface area contributed by atoms with Crippen molar-refractivity contribution in [2.24, 2.45) is 5.41 Å². The third-order valence-electron chi connectivity index (χ3n) is 5.93. The lowest BCUT2D eigenvalue weighted by Crippen LogP contribution is -2.44. The molecule has 3 aromatic rings. The molecule has 0 aliphatic carbocycles. The largest absolute Gasteiger partial charge is 0.284 e. The number of hydrogen-bond acceptors (Lipinski definition) is 2. The number of nitriles is 1. The first-order valence-electron chi connectivity index (χ1n) is 10.8. The molecule has 0 bridgehead atoms. The van der Waals surface area contributed by atoms with Crippen molar-refractivity contribution in [2.75, 3.05) is 13.1 Å². The molecule has 1 unspecified atom stereocenters. The third-order valence-corrected chi connectivity index (χ3v) is 6.18. The van der Waals surface area contributed by atoms with Crippen molar-refractivity contribution in [3.63, 3.8) is 0 Å². The van der Waals surface area contributed by atoms with E-state index >= 15 is 0 Å². The van der Waals surface area contributed by atoms with Crippen LogP contribution >= 0.6 is 11.6 Å². The maximum Gasteiger partial charge on any atom is 0.126 e. The number of halogens is 3. The first kappa shape index (κ1) is 23.2. The van der Waals surface area contributed by atoms with Gasteiger partial charge in [-0.25, -0.2) is 8.78 Å². The summed E-state index contributed by atoms with van der Waals surface area (Å²) in [6.07, 6.45) is 0. The van der Waals surface area contributed by atoms with Gasteiger partial charge < -0.3 is 0 Å². The van der Waals surface area contributed by atoms with Gasteiger partial charge in [-0.2, -0.15) is 5.26 Å². The van der Waals surface area contributed by atoms with Crippen molar-refractivity contribution in [3.05, 3.63) is 111 Å². The summed E-state index contributed by atoms with van der Waals surface area (Å²) in [5, 5.41) is 10.0. The van der Waals surface area contributed by atoms with E-state index in [0.717, 1.165) is 28.3 Å². The second-order valence-electron chi connectivity index (χ2n) is 9.48. The summed E-state index contributed by atoms with van der Waals surface area (Å²) >= 11 is 6.12. The van der Waals surface area contributed by atoms with Gasteiger partial charge in [0, 0.05) is 24.2 Å². The topological polar surface area (TPSA) is 27.0 Å². The van der Waals surface area contributed by atoms with Crippen LogP contribution in [-0.4, -0.2) is 18.0 Å². The van der Waals surface area contributed by atoms with Crippen molar-refractivity contribution in [2.45, 2.75) is 26.8 Å². The van der Waals surface area contributed by atoms with Gasteiger partial charge >= 0.3 is 0 Å². The number of rotatable bonds is 4. The van der Waals surface area contributed by atoms with E-state index in [0.29, 0.717) is 29.2 Å². The van der Waals surface area contributed by atoms with Gasteiger partial charge in [-0.05, 0) is 69.6 Å². The Kier molecular flexibility index (Phi) is 6.38. The Morgan fingerprint density at radius 2 is 1.58 bits per heavy atom. The molecule has 1 saturated heterocycles. The molecule has 2 nitrogen and oxygen atoms in total. The third kappa shape index (κ3) is 5.00. The fraction of sp³-hybridized carbons (Fsp3) is 0.250. The van der Waals surface area contributed by atoms with E-state index in [4.69, 9.17) is 11.6 Å². The monoisotopic (exact) mass is 462 g/mol. The van der Waals surface area contributed by atoms with E-state index in [1.165, 1.54) is 12.1 Å². The fourth-order valence-corrected chi connectivity index (χ4v) is 4.81. The van der Waals surface area contributed by atoms with Crippen LogP contribution in [-0.2, 0) is 0 Å². The van der Waals surface area contributed by atoms with E-state index in [-0.39, 0.29) is 11.5 Å². The summed E-state index contributed by atoms with van der Waals surface area (Å²) in [5.41, 5.74) is 5.13. The van der Waals surface area contributed by atoms with E-state index in [1.807, 2.05) is 42.5 Å². The van der Waals surface area contributed by atoms with E-state index in [2.05, 4.69) is 31.7 Å². The Hall–Kier alpha value is -3.00. The molecule has 0 aromatic heterocycles. The molecule has 0 spiro atoms. The number of benzene rings is 3. The smallest absolute Gasteiger partial charge is 0.126 e. The van der Waals surface area contributed by atoms with Crippen molar-refractivity contribution < 1.29 is 8.78 Å². The van der Waals surface area contributed by atoms with Crippen LogP contribution < -0.4 is 0 Å². The molecule has 4 rings (SSSR count). The van der Waals surface area contributed by atoms with Crippen molar-refractivity contribution in [1.82, 2.24) is 4.90 Å². The van der Waals surface area contributed by atoms with Crippen LogP contribution in [0.4, 0.5) is 8.78 Å². The molecule has 1 heterocycles. The fourth-order valence-electron chi connectivity index (χ4n) is 4.69. The zero-order chi connectivity index (χ0) is 23.8. The summed E-state index contributed by atoms with van der Waals surface area (Å²) in [6.45, 7) is 7.51. The predicted molar refractivity (Wildman–Crippen MR) is 129 cm³/mol. The number of allylic oxidation sites excluding steroid dienone is 1. The summed E-state index contributed by atoms with van der Waals surface area (Å²) in [7, 11) is 0. The highest BCUT2D eigenvalue weighted by Crippen LogP contribution is 2.43. The maximum absolute atomic E-state index is 14.0. The quantitative estimate of drug-likeness (QED) is 0.404. The van der Waals surface area contributed by atoms with Gasteiger partial charge in [0.15, 0.2) is 0 Å². The van der Waals surface area contributed by atoms with E-state index in [1.54, 1.807) is 6.07 Å². The number of hydrogen-bond donors (Lipinski definition) is 0. The molecule has 1 fully saturated rings. The van der Waals surface area contributed by atoms with Gasteiger partial charge in [0.25, 0.3) is 0 Å². The van der Waals surface area contributed by atoms with Crippen molar-refractivity contribution in [3.8, 4) is 6.07 Å². The Balaban J connectivity index is 1.74. The molecule has 3 aromatic carbocycles. The highest BCUT2D eigenvalue weighted by atomic mass is 35.5. The molecule has 0 radical (unpaired) electrons. The predicted octanol–water partition coefficient (Wildman–Crippen LogP) is 7.39. The summed E-state index contributed by atoms with van der Waals surface area (Å²) < 4.78 is 28.0. The zero-order valence-corrected chi connectivity index (χ0v) is 19.6. The Labute approximate surface area is 198 Å². The second kappa shape index (κ2) is 9.09. The van der Waals surface area contributed by atoms with Crippen LogP contribution in [0.15, 0.2) is 72.3 Å². The molecule has 1 aliphatic rings. The van der Waals surface area contributed by atoms with Gasteiger partial charge in [0.05, 0.1) is 17.7 Å². The molecule has 0 amide bonds. The highest BCUT2D eigenvalue weighted by Gasteiger charge is 2.35. The van der Waals surface area contributed by atoms with Crippen LogP contribution in [0.1, 0.15) is 49.1 Å². The van der Waals surface area contributed by atoms with E-state index in [9.17, 15) is 14.0 Å². The molecule has 0 saturated carbocycles. The summed E-state index contributed by atoms with van der Waals surface area (Å²) in [4.78, 5) is 2.30. The number of nitrogens with zero attached hydrogens (tertiary/aromatic N) is 2. The van der Waals surface area contributed by atoms with Crippen molar-refractivity contribution >= 4 is 17.2 Å². The number of likely N-dealkylation sites (tertiary alicyclic amines) is 1. The molecule has 1 aliphatic heterocycles. The van der Waals surface area contributed by atoms with Gasteiger partial charge in [-0.3, -0.25) is 4.90 Å². The summed E-state index contributed by atoms with van der Waals surface area (Å²) in [5.74, 6) is -1.15. The Morgan fingerprint density at radius 3 is 2.15 bits per heavy atom. The van der Waals surface area contributed by atoms with E-state index < -0.39 is 11.6 Å². The minimum atomic E-state index is -0.573. The lowest BCUT2D eigenvalue weighted by Gasteiger charge is -2.44. The van der Waals surface area contributed by atoms with Crippen LogP contribution in [0.5, 0.6) is 0 Å². The zero-order valence-electron chi connectivity index (χ0n) is 18.9. The highest BCUT2D eigenvalue weighted by molar-refractivity contribution is 6.30. The Morgan fingerprint density at radius 1 is 0.939 bits per heavy atom. The second-order valence-corrected chi connectivity index (χ2v) is 9.92. The van der Waals surface area contributed by atoms with Gasteiger partial charge in [0.2, 0.25) is 0 Å². The van der Waals surface area contributed by atoms with Gasteiger partial charge in [-0.1, -0.05) is 56.6 Å². The molecular formula is C28H25ClF2N2. The van der Waals surface area contributed by atoms with Crippen LogP contribution in [0, 0.1) is 28.4 Å². The minimum absolute atomic E-state index is 0.0650. The average Bonchev–Trinajstić information content (AvgIpc) is 2.72. The van der Waals surface area contributed by atoms with Gasteiger partial charge in [-0.15, -0.1) is 0 Å².